The van der Waals surface area contributed by atoms with Gasteiger partial charge in [0, 0.05) is 29.7 Å². The molecular weight excluding hydrogens is 352 g/mol. The zero-order valence-electron chi connectivity index (χ0n) is 14.1. The minimum absolute atomic E-state index is 0.163. The molecule has 3 heterocycles. The first-order chi connectivity index (χ1) is 12.1. The van der Waals surface area contributed by atoms with Crippen molar-refractivity contribution in [3.63, 3.8) is 0 Å². The molecule has 0 radical (unpaired) electrons. The summed E-state index contributed by atoms with van der Waals surface area (Å²) in [5, 5.41) is 1.88. The molecule has 0 saturated carbocycles. The summed E-state index contributed by atoms with van der Waals surface area (Å²) in [5.74, 6) is 0.881. The van der Waals surface area contributed by atoms with E-state index in [1.807, 2.05) is 31.3 Å². The number of anilines is 1. The number of aryl methyl sites for hydroxylation is 2. The van der Waals surface area contributed by atoms with Crippen molar-refractivity contribution in [1.82, 2.24) is 15.0 Å². The maximum atomic E-state index is 6.13. The van der Waals surface area contributed by atoms with Crippen LogP contribution in [0.15, 0.2) is 24.4 Å². The van der Waals surface area contributed by atoms with Crippen LogP contribution >= 0.6 is 22.9 Å². The fraction of sp³-hybridized carbons (Fsp3) is 0.421. The van der Waals surface area contributed by atoms with E-state index in [1.54, 1.807) is 11.3 Å². The molecule has 1 saturated heterocycles. The Bertz CT molecular complexity index is 965. The van der Waals surface area contributed by atoms with E-state index in [0.717, 1.165) is 45.7 Å². The summed E-state index contributed by atoms with van der Waals surface area (Å²) in [6.07, 6.45) is 6.69. The van der Waals surface area contributed by atoms with Crippen LogP contribution in [0.25, 0.3) is 10.2 Å². The van der Waals surface area contributed by atoms with E-state index in [4.69, 9.17) is 21.6 Å². The average molecular weight is 371 g/mol. The molecule has 1 aliphatic heterocycles. The van der Waals surface area contributed by atoms with Gasteiger partial charge in [-0.1, -0.05) is 22.9 Å². The van der Waals surface area contributed by atoms with Gasteiger partial charge in [0.05, 0.1) is 15.9 Å². The zero-order valence-corrected chi connectivity index (χ0v) is 15.7. The predicted octanol–water partition coefficient (Wildman–Crippen LogP) is 4.53. The van der Waals surface area contributed by atoms with Gasteiger partial charge in [0.1, 0.15) is 5.82 Å². The van der Waals surface area contributed by atoms with Crippen LogP contribution < -0.4 is 4.90 Å². The number of thiazole rings is 1. The zero-order chi connectivity index (χ0) is 17.0. The Morgan fingerprint density at radius 2 is 2.16 bits per heavy atom. The standard InChI is InChI=1S/C19H19ClN4S/c1-12-21-10-13-5-7-19(17(13)22-12)6-2-8-24(11-19)18-23-15-4-3-14(20)9-16(15)25-18/h3-4,9-10H,2,5-8,11H2,1H3. The van der Waals surface area contributed by atoms with Crippen molar-refractivity contribution in [2.75, 3.05) is 18.0 Å². The fourth-order valence-corrected chi connectivity index (χ4v) is 5.61. The molecule has 25 heavy (non-hydrogen) atoms. The molecule has 128 valence electrons. The third kappa shape index (κ3) is 2.52. The van der Waals surface area contributed by atoms with Gasteiger partial charge in [-0.25, -0.2) is 15.0 Å². The summed E-state index contributed by atoms with van der Waals surface area (Å²) in [5.41, 5.74) is 3.82. The Morgan fingerprint density at radius 3 is 3.08 bits per heavy atom. The van der Waals surface area contributed by atoms with Crippen LogP contribution in [-0.4, -0.2) is 28.0 Å². The van der Waals surface area contributed by atoms with E-state index in [1.165, 1.54) is 30.5 Å². The summed E-state index contributed by atoms with van der Waals surface area (Å²) in [6.45, 7) is 4.06. The molecule has 2 aliphatic rings. The number of hydrogen-bond donors (Lipinski definition) is 0. The fourth-order valence-electron chi connectivity index (χ4n) is 4.34. The lowest BCUT2D eigenvalue weighted by molar-refractivity contribution is 0.334. The number of rotatable bonds is 1. The van der Waals surface area contributed by atoms with Gasteiger partial charge in [-0.05, 0) is 56.4 Å². The van der Waals surface area contributed by atoms with Gasteiger partial charge < -0.3 is 4.90 Å². The maximum absolute atomic E-state index is 6.13. The Labute approximate surface area is 155 Å². The van der Waals surface area contributed by atoms with E-state index >= 15 is 0 Å². The Hall–Kier alpha value is -1.72. The molecule has 4 nitrogen and oxygen atoms in total. The lowest BCUT2D eigenvalue weighted by Crippen LogP contribution is -2.45. The molecule has 1 aliphatic carbocycles. The largest absolute Gasteiger partial charge is 0.347 e. The van der Waals surface area contributed by atoms with Crippen LogP contribution in [0.3, 0.4) is 0 Å². The third-order valence-corrected chi connectivity index (χ3v) is 6.86. The van der Waals surface area contributed by atoms with E-state index < -0.39 is 0 Å². The molecule has 1 fully saturated rings. The minimum atomic E-state index is 0.163. The second kappa shape index (κ2) is 5.64. The van der Waals surface area contributed by atoms with Crippen molar-refractivity contribution in [3.8, 4) is 0 Å². The van der Waals surface area contributed by atoms with Crippen LogP contribution in [0.4, 0.5) is 5.13 Å². The van der Waals surface area contributed by atoms with Crippen LogP contribution in [0.5, 0.6) is 0 Å². The number of aromatic nitrogens is 3. The van der Waals surface area contributed by atoms with Crippen LogP contribution in [0.2, 0.25) is 5.02 Å². The number of halogens is 1. The highest BCUT2D eigenvalue weighted by Gasteiger charge is 2.44. The monoisotopic (exact) mass is 370 g/mol. The van der Waals surface area contributed by atoms with Gasteiger partial charge in [-0.2, -0.15) is 0 Å². The number of benzene rings is 1. The lowest BCUT2D eigenvalue weighted by atomic mass is 9.77. The SMILES string of the molecule is Cc1ncc2c(n1)C1(CCCN(c3nc4ccc(Cl)cc4s3)C1)CC2. The molecule has 3 aromatic rings. The summed E-state index contributed by atoms with van der Waals surface area (Å²) in [6, 6.07) is 5.94. The van der Waals surface area contributed by atoms with Crippen molar-refractivity contribution in [3.05, 3.63) is 46.5 Å². The first kappa shape index (κ1) is 15.5. The molecular formula is C19H19ClN4S. The average Bonchev–Trinajstić information content (AvgIpc) is 3.17. The van der Waals surface area contributed by atoms with E-state index in [9.17, 15) is 0 Å². The summed E-state index contributed by atoms with van der Waals surface area (Å²) in [4.78, 5) is 16.5. The Kier molecular flexibility index (Phi) is 3.51. The maximum Gasteiger partial charge on any atom is 0.186 e. The van der Waals surface area contributed by atoms with E-state index in [2.05, 4.69) is 9.88 Å². The van der Waals surface area contributed by atoms with Gasteiger partial charge in [-0.3, -0.25) is 0 Å². The number of nitrogens with zero attached hydrogens (tertiary/aromatic N) is 4. The second-order valence-electron chi connectivity index (χ2n) is 7.20. The quantitative estimate of drug-likeness (QED) is 0.631. The van der Waals surface area contributed by atoms with Crippen molar-refractivity contribution in [2.24, 2.45) is 0 Å². The second-order valence-corrected chi connectivity index (χ2v) is 8.65. The van der Waals surface area contributed by atoms with Crippen molar-refractivity contribution >= 4 is 38.3 Å². The van der Waals surface area contributed by atoms with Gasteiger partial charge in [0.2, 0.25) is 0 Å². The normalized spacial score (nSPS) is 22.7. The third-order valence-electron chi connectivity index (χ3n) is 5.55. The van der Waals surface area contributed by atoms with Crippen molar-refractivity contribution < 1.29 is 0 Å². The Balaban J connectivity index is 1.51. The van der Waals surface area contributed by atoms with Crippen LogP contribution in [0.1, 0.15) is 36.3 Å². The van der Waals surface area contributed by atoms with Crippen molar-refractivity contribution in [1.29, 1.82) is 0 Å². The predicted molar refractivity (Wildman–Crippen MR) is 103 cm³/mol. The highest BCUT2D eigenvalue weighted by Crippen LogP contribution is 2.45. The number of fused-ring (bicyclic) bond motifs is 3. The lowest BCUT2D eigenvalue weighted by Gasteiger charge is -2.40. The first-order valence-electron chi connectivity index (χ1n) is 8.77. The van der Waals surface area contributed by atoms with Crippen LogP contribution in [0, 0.1) is 6.92 Å². The molecule has 1 atom stereocenters. The number of hydrogen-bond acceptors (Lipinski definition) is 5. The smallest absolute Gasteiger partial charge is 0.186 e. The van der Waals surface area contributed by atoms with Crippen LogP contribution in [-0.2, 0) is 11.8 Å². The molecule has 1 spiro atoms. The first-order valence-corrected chi connectivity index (χ1v) is 9.96. The molecule has 0 bridgehead atoms. The Morgan fingerprint density at radius 1 is 1.24 bits per heavy atom. The highest BCUT2D eigenvalue weighted by atomic mass is 35.5. The summed E-state index contributed by atoms with van der Waals surface area (Å²) >= 11 is 7.88. The van der Waals surface area contributed by atoms with Crippen molar-refractivity contribution in [2.45, 2.75) is 38.0 Å². The molecule has 6 heteroatoms. The topological polar surface area (TPSA) is 41.9 Å². The minimum Gasteiger partial charge on any atom is -0.347 e. The number of piperidine rings is 1. The molecule has 2 aromatic heterocycles. The molecule has 5 rings (SSSR count). The highest BCUT2D eigenvalue weighted by molar-refractivity contribution is 7.22. The van der Waals surface area contributed by atoms with Gasteiger partial charge in [-0.15, -0.1) is 0 Å². The molecule has 1 aromatic carbocycles. The molecule has 0 N–H and O–H groups in total. The summed E-state index contributed by atoms with van der Waals surface area (Å²) in [7, 11) is 0. The summed E-state index contributed by atoms with van der Waals surface area (Å²) < 4.78 is 1.16. The van der Waals surface area contributed by atoms with E-state index in [-0.39, 0.29) is 5.41 Å². The van der Waals surface area contributed by atoms with Gasteiger partial charge in [0.25, 0.3) is 0 Å². The van der Waals surface area contributed by atoms with E-state index in [0.29, 0.717) is 0 Å². The molecule has 0 amide bonds. The molecule has 1 unspecified atom stereocenters. The van der Waals surface area contributed by atoms with Gasteiger partial charge in [0.15, 0.2) is 5.13 Å². The van der Waals surface area contributed by atoms with Gasteiger partial charge >= 0.3 is 0 Å².